The Morgan fingerprint density at radius 3 is 1.58 bits per heavy atom. The number of nitrogens with two attached hydrogens (primary N) is 1. The first-order valence-corrected chi connectivity index (χ1v) is 14.0. The Balaban J connectivity index is 1.65. The van der Waals surface area contributed by atoms with E-state index in [1.165, 1.54) is 6.08 Å². The summed E-state index contributed by atoms with van der Waals surface area (Å²) in [7, 11) is 0. The van der Waals surface area contributed by atoms with E-state index in [9.17, 15) is 56.2 Å². The molecule has 3 aliphatic heterocycles. The van der Waals surface area contributed by atoms with Crippen molar-refractivity contribution in [2.45, 2.75) is 118 Å². The highest BCUT2D eigenvalue weighted by molar-refractivity contribution is 4.97. The van der Waals surface area contributed by atoms with Gasteiger partial charge >= 0.3 is 0 Å². The number of hydrogen-bond acceptors (Lipinski definition) is 18. The number of aliphatic hydroxyl groups is 11. The van der Waals surface area contributed by atoms with Gasteiger partial charge in [-0.25, -0.2) is 0 Å². The van der Waals surface area contributed by atoms with Gasteiger partial charge in [0.1, 0.15) is 73.2 Å². The van der Waals surface area contributed by atoms with Crippen molar-refractivity contribution in [3.05, 3.63) is 12.2 Å². The van der Waals surface area contributed by atoms with Gasteiger partial charge in [0.2, 0.25) is 0 Å². The average Bonchev–Trinajstić information content (AvgIpc) is 3.00. The monoisotopic (exact) mass is 631 g/mol. The largest absolute Gasteiger partial charge is 0.394 e. The number of aliphatic hydroxyl groups excluding tert-OH is 11. The molecule has 6 unspecified atom stereocenters. The van der Waals surface area contributed by atoms with Crippen LogP contribution in [0.15, 0.2) is 12.2 Å². The first-order valence-electron chi connectivity index (χ1n) is 14.0. The summed E-state index contributed by atoms with van der Waals surface area (Å²) >= 11 is 0. The maximum absolute atomic E-state index is 10.8. The van der Waals surface area contributed by atoms with E-state index in [-0.39, 0.29) is 6.61 Å². The second-order valence-corrected chi connectivity index (χ2v) is 10.6. The third-order valence-electron chi connectivity index (χ3n) is 7.53. The maximum Gasteiger partial charge on any atom is 0.187 e. The summed E-state index contributed by atoms with van der Waals surface area (Å²) in [5, 5.41) is 112. The molecule has 0 amide bonds. The molecule has 13 N–H and O–H groups in total. The molecule has 0 spiro atoms. The SMILES string of the molecule is CC/C=C/[C@@H](O)[C@@H](N)COC1OC(CO)[C@@H](OC2OC(CO)[C@H](OC3OC(CO)[C@H](O)[C@H](O)[C@@H]3O)[C@H](O)[C@@H]2O)[C@H](O)[C@@H]1O. The van der Waals surface area contributed by atoms with E-state index in [1.807, 2.05) is 6.92 Å². The summed E-state index contributed by atoms with van der Waals surface area (Å²) in [4.78, 5) is 0. The Bertz CT molecular complexity index is 851. The molecular formula is C25H45NO17. The Morgan fingerprint density at radius 1 is 0.651 bits per heavy atom. The molecule has 43 heavy (non-hydrogen) atoms. The van der Waals surface area contributed by atoms with E-state index in [1.54, 1.807) is 6.08 Å². The van der Waals surface area contributed by atoms with Crippen LogP contribution in [0.1, 0.15) is 13.3 Å². The minimum Gasteiger partial charge on any atom is -0.394 e. The first kappa shape index (κ1) is 36.5. The summed E-state index contributed by atoms with van der Waals surface area (Å²) in [6.45, 7) is -0.781. The fourth-order valence-electron chi connectivity index (χ4n) is 4.90. The van der Waals surface area contributed by atoms with E-state index in [0.717, 1.165) is 0 Å². The van der Waals surface area contributed by atoms with Gasteiger partial charge in [-0.05, 0) is 6.42 Å². The van der Waals surface area contributed by atoms with Gasteiger partial charge < -0.3 is 90.3 Å². The minimum absolute atomic E-state index is 0.294. The third-order valence-corrected chi connectivity index (χ3v) is 7.53. The van der Waals surface area contributed by atoms with Crippen LogP contribution in [0.2, 0.25) is 0 Å². The van der Waals surface area contributed by atoms with Gasteiger partial charge in [0, 0.05) is 0 Å². The van der Waals surface area contributed by atoms with Gasteiger partial charge in [0.25, 0.3) is 0 Å². The fraction of sp³-hybridized carbons (Fsp3) is 0.920. The zero-order valence-electron chi connectivity index (χ0n) is 23.5. The number of hydrogen-bond donors (Lipinski definition) is 12. The molecular weight excluding hydrogens is 586 g/mol. The van der Waals surface area contributed by atoms with Gasteiger partial charge in [0.15, 0.2) is 18.9 Å². The lowest BCUT2D eigenvalue weighted by Crippen LogP contribution is -2.66. The highest BCUT2D eigenvalue weighted by atomic mass is 16.8. The molecule has 0 aromatic heterocycles. The van der Waals surface area contributed by atoms with Crippen LogP contribution in [0.5, 0.6) is 0 Å². The number of allylic oxidation sites excluding steroid dienone is 1. The van der Waals surface area contributed by atoms with Crippen molar-refractivity contribution in [1.82, 2.24) is 0 Å². The molecule has 3 heterocycles. The second-order valence-electron chi connectivity index (χ2n) is 10.6. The molecule has 3 rings (SSSR count). The quantitative estimate of drug-likeness (QED) is 0.0840. The maximum atomic E-state index is 10.8. The molecule has 0 aromatic carbocycles. The zero-order valence-corrected chi connectivity index (χ0v) is 23.5. The highest BCUT2D eigenvalue weighted by Crippen LogP contribution is 2.32. The van der Waals surface area contributed by atoms with Crippen LogP contribution in [-0.4, -0.2) is 187 Å². The van der Waals surface area contributed by atoms with Crippen molar-refractivity contribution in [3.8, 4) is 0 Å². The molecule has 18 heteroatoms. The van der Waals surface area contributed by atoms with Crippen molar-refractivity contribution in [2.24, 2.45) is 5.73 Å². The van der Waals surface area contributed by atoms with Crippen LogP contribution in [-0.2, 0) is 28.4 Å². The molecule has 18 nitrogen and oxygen atoms in total. The van der Waals surface area contributed by atoms with E-state index < -0.39 is 124 Å². The molecule has 3 fully saturated rings. The predicted octanol–water partition coefficient (Wildman–Crippen LogP) is -6.89. The smallest absolute Gasteiger partial charge is 0.187 e. The lowest BCUT2D eigenvalue weighted by molar-refractivity contribution is -0.379. The van der Waals surface area contributed by atoms with Crippen LogP contribution in [0.3, 0.4) is 0 Å². The van der Waals surface area contributed by atoms with E-state index in [2.05, 4.69) is 0 Å². The lowest BCUT2D eigenvalue weighted by atomic mass is 9.96. The van der Waals surface area contributed by atoms with E-state index >= 15 is 0 Å². The normalized spacial score (nSPS) is 45.7. The molecule has 0 radical (unpaired) electrons. The molecule has 252 valence electrons. The van der Waals surface area contributed by atoms with Crippen LogP contribution in [0.25, 0.3) is 0 Å². The minimum atomic E-state index is -1.94. The lowest BCUT2D eigenvalue weighted by Gasteiger charge is -2.48. The average molecular weight is 632 g/mol. The standard InChI is InChI=1S/C25H45NO17/c1-2-3-4-10(30)9(26)8-38-23-19(36)16(33)21(12(6-28)40-23)43-25-20(37)17(34)22(13(7-29)41-25)42-24-18(35)15(32)14(31)11(5-27)39-24/h3-4,9-25,27-37H,2,5-8,26H2,1H3/b4-3+/t9-,10+,11?,12?,13?,14-,15-,16+,17+,18-,19-,20-,21+,22-,23?,24?,25?/m0/s1. The van der Waals surface area contributed by atoms with Gasteiger partial charge in [-0.15, -0.1) is 0 Å². The summed E-state index contributed by atoms with van der Waals surface area (Å²) in [6, 6.07) is -0.905. The molecule has 0 saturated carbocycles. The number of rotatable bonds is 13. The van der Waals surface area contributed by atoms with Gasteiger partial charge in [-0.3, -0.25) is 0 Å². The predicted molar refractivity (Wildman–Crippen MR) is 138 cm³/mol. The molecule has 3 aliphatic rings. The Hall–Kier alpha value is -0.980. The van der Waals surface area contributed by atoms with Crippen molar-refractivity contribution in [1.29, 1.82) is 0 Å². The van der Waals surface area contributed by atoms with Crippen molar-refractivity contribution in [3.63, 3.8) is 0 Å². The topological polar surface area (TPSA) is 304 Å². The van der Waals surface area contributed by atoms with Crippen LogP contribution < -0.4 is 5.73 Å². The third kappa shape index (κ3) is 8.44. The zero-order chi connectivity index (χ0) is 32.0. The molecule has 3 saturated heterocycles. The Labute approximate surface area is 247 Å². The summed E-state index contributed by atoms with van der Waals surface area (Å²) in [5.41, 5.74) is 5.88. The molecule has 17 atom stereocenters. The first-order chi connectivity index (χ1) is 20.4. The van der Waals surface area contributed by atoms with Gasteiger partial charge in [0.05, 0.1) is 38.6 Å². The van der Waals surface area contributed by atoms with Gasteiger partial charge in [-0.2, -0.15) is 0 Å². The van der Waals surface area contributed by atoms with Crippen molar-refractivity contribution >= 4 is 0 Å². The van der Waals surface area contributed by atoms with Gasteiger partial charge in [-0.1, -0.05) is 19.1 Å². The fourth-order valence-corrected chi connectivity index (χ4v) is 4.90. The van der Waals surface area contributed by atoms with E-state index in [0.29, 0.717) is 6.42 Å². The van der Waals surface area contributed by atoms with Crippen molar-refractivity contribution < 1.29 is 84.6 Å². The molecule has 0 aliphatic carbocycles. The molecule has 0 aromatic rings. The Morgan fingerprint density at radius 2 is 1.09 bits per heavy atom. The van der Waals surface area contributed by atoms with E-state index in [4.69, 9.17) is 34.2 Å². The molecule has 0 bridgehead atoms. The summed E-state index contributed by atoms with van der Waals surface area (Å²) < 4.78 is 32.8. The van der Waals surface area contributed by atoms with Crippen LogP contribution >= 0.6 is 0 Å². The van der Waals surface area contributed by atoms with Crippen molar-refractivity contribution in [2.75, 3.05) is 26.4 Å². The van der Waals surface area contributed by atoms with Crippen LogP contribution in [0.4, 0.5) is 0 Å². The Kier molecular flexibility index (Phi) is 14.0. The summed E-state index contributed by atoms with van der Waals surface area (Å²) in [5.74, 6) is 0. The van der Waals surface area contributed by atoms with Crippen LogP contribution in [0, 0.1) is 0 Å². The highest BCUT2D eigenvalue weighted by Gasteiger charge is 2.53. The second kappa shape index (κ2) is 16.5. The summed E-state index contributed by atoms with van der Waals surface area (Å²) in [6.07, 6.45) is -22.2. The number of ether oxygens (including phenoxy) is 6.